The van der Waals surface area contributed by atoms with Gasteiger partial charge in [-0.15, -0.1) is 4.73 Å². The summed E-state index contributed by atoms with van der Waals surface area (Å²) in [5, 5.41) is 16.0. The molecule has 11 heavy (non-hydrogen) atoms. The fourth-order valence-electron chi connectivity index (χ4n) is 0.577. The highest BCUT2D eigenvalue weighted by atomic mass is 16.5. The summed E-state index contributed by atoms with van der Waals surface area (Å²) >= 11 is 0. The van der Waals surface area contributed by atoms with Crippen LogP contribution in [0.3, 0.4) is 0 Å². The number of hydrogen-bond donors (Lipinski definition) is 5. The Morgan fingerprint density at radius 3 is 2.36 bits per heavy atom. The van der Waals surface area contributed by atoms with E-state index < -0.39 is 0 Å². The van der Waals surface area contributed by atoms with Crippen LogP contribution in [0.5, 0.6) is 0 Å². The minimum atomic E-state index is -0.378. The van der Waals surface area contributed by atoms with Gasteiger partial charge in [0.2, 0.25) is 5.49 Å². The van der Waals surface area contributed by atoms with Gasteiger partial charge >= 0.3 is 0 Å². The van der Waals surface area contributed by atoms with Crippen molar-refractivity contribution in [2.45, 2.75) is 0 Å². The van der Waals surface area contributed by atoms with Crippen molar-refractivity contribution in [2.24, 2.45) is 0 Å². The Kier molecular flexibility index (Phi) is 1.34. The lowest BCUT2D eigenvalue weighted by molar-refractivity contribution is 0.177. The van der Waals surface area contributed by atoms with E-state index in [4.69, 9.17) is 27.8 Å². The summed E-state index contributed by atoms with van der Waals surface area (Å²) in [6, 6.07) is 0. The third kappa shape index (κ3) is 0.914. The first-order valence-corrected chi connectivity index (χ1v) is 2.71. The summed E-state index contributed by atoms with van der Waals surface area (Å²) < 4.78 is 0.373. The van der Waals surface area contributed by atoms with Crippen molar-refractivity contribution in [3.8, 4) is 0 Å². The van der Waals surface area contributed by atoms with Crippen LogP contribution in [0.2, 0.25) is 0 Å². The molecule has 0 aliphatic heterocycles. The Morgan fingerprint density at radius 2 is 1.82 bits per heavy atom. The number of rotatable bonds is 0. The molecule has 0 fully saturated rings. The molecule has 0 aromatic carbocycles. The Morgan fingerprint density at radius 1 is 1.27 bits per heavy atom. The highest BCUT2D eigenvalue weighted by molar-refractivity contribution is 5.54. The third-order valence-electron chi connectivity index (χ3n) is 1.19. The quantitative estimate of drug-likeness (QED) is 0.286. The van der Waals surface area contributed by atoms with Gasteiger partial charge in [0.25, 0.3) is 0 Å². The highest BCUT2D eigenvalue weighted by Crippen LogP contribution is 2.06. The van der Waals surface area contributed by atoms with E-state index in [0.29, 0.717) is 4.73 Å². The van der Waals surface area contributed by atoms with Crippen molar-refractivity contribution >= 4 is 17.5 Å². The third-order valence-corrected chi connectivity index (χ3v) is 1.19. The van der Waals surface area contributed by atoms with Crippen LogP contribution in [0.1, 0.15) is 0 Å². The summed E-state index contributed by atoms with van der Waals surface area (Å²) in [4.78, 5) is 3.50. The Labute approximate surface area is 61.5 Å². The number of nitrogens with zero attached hydrogens (tertiary/aromatic N) is 2. The zero-order valence-corrected chi connectivity index (χ0v) is 5.57. The molecule has 1 aromatic heterocycles. The second-order valence-electron chi connectivity index (χ2n) is 1.93. The van der Waals surface area contributed by atoms with Crippen LogP contribution in [0.25, 0.3) is 0 Å². The summed E-state index contributed by atoms with van der Waals surface area (Å²) in [7, 11) is 0. The number of hydrogen-bond acceptors (Lipinski definition) is 6. The first-order valence-electron chi connectivity index (χ1n) is 2.71. The van der Waals surface area contributed by atoms with E-state index in [2.05, 4.69) is 4.98 Å². The molecule has 1 aromatic rings. The fraction of sp³-hybridized carbons (Fsp3) is 0. The van der Waals surface area contributed by atoms with Gasteiger partial charge < -0.3 is 22.4 Å². The van der Waals surface area contributed by atoms with E-state index in [0.717, 1.165) is 0 Å². The molecule has 0 atom stereocenters. The topological polar surface area (TPSA) is 140 Å². The average Bonchev–Trinajstić information content (AvgIpc) is 1.97. The minimum Gasteiger partial charge on any atom is -0.425 e. The lowest BCUT2D eigenvalue weighted by Crippen LogP contribution is -2.26. The molecular formula is C4H8N6O. The van der Waals surface area contributed by atoms with Gasteiger partial charge in [0.05, 0.1) is 0 Å². The van der Waals surface area contributed by atoms with Gasteiger partial charge in [0.1, 0.15) is 0 Å². The molecule has 0 unspecified atom stereocenters. The van der Waals surface area contributed by atoms with Gasteiger partial charge in [0.15, 0.2) is 17.5 Å². The summed E-state index contributed by atoms with van der Waals surface area (Å²) in [5.41, 5.74) is 15.2. The SMILES string of the molecule is N=c1c(N)nc(N)c(N)n1O. The van der Waals surface area contributed by atoms with Crippen LogP contribution in [0.4, 0.5) is 17.5 Å². The molecule has 0 radical (unpaired) electrons. The molecule has 0 saturated carbocycles. The normalized spacial score (nSPS) is 9.82. The predicted octanol–water partition coefficient (Wildman–Crippen LogP) is -1.65. The van der Waals surface area contributed by atoms with Crippen molar-refractivity contribution in [2.75, 3.05) is 17.2 Å². The zero-order valence-electron chi connectivity index (χ0n) is 5.57. The maximum atomic E-state index is 8.97. The predicted molar refractivity (Wildman–Crippen MR) is 38.5 cm³/mol. The van der Waals surface area contributed by atoms with Crippen molar-refractivity contribution in [1.29, 1.82) is 5.41 Å². The molecule has 7 heteroatoms. The summed E-state index contributed by atoms with van der Waals surface area (Å²) in [5.74, 6) is -0.454. The molecule has 0 amide bonds. The Hall–Kier alpha value is -1.92. The van der Waals surface area contributed by atoms with Crippen molar-refractivity contribution in [3.05, 3.63) is 5.49 Å². The van der Waals surface area contributed by atoms with Gasteiger partial charge in [-0.05, 0) is 0 Å². The molecule has 0 saturated heterocycles. The van der Waals surface area contributed by atoms with Crippen LogP contribution >= 0.6 is 0 Å². The molecule has 7 nitrogen and oxygen atoms in total. The van der Waals surface area contributed by atoms with E-state index in [1.54, 1.807) is 0 Å². The largest absolute Gasteiger partial charge is 0.425 e. The van der Waals surface area contributed by atoms with Gasteiger partial charge in [-0.3, -0.25) is 5.41 Å². The number of anilines is 3. The van der Waals surface area contributed by atoms with E-state index >= 15 is 0 Å². The summed E-state index contributed by atoms with van der Waals surface area (Å²) in [6.45, 7) is 0. The highest BCUT2D eigenvalue weighted by Gasteiger charge is 2.05. The van der Waals surface area contributed by atoms with Crippen molar-refractivity contribution < 1.29 is 5.21 Å². The molecular weight excluding hydrogens is 148 g/mol. The number of nitrogen functional groups attached to an aromatic ring is 3. The van der Waals surface area contributed by atoms with E-state index in [9.17, 15) is 0 Å². The maximum Gasteiger partial charge on any atom is 0.205 e. The van der Waals surface area contributed by atoms with Gasteiger partial charge in [0, 0.05) is 0 Å². The Balaban J connectivity index is 3.59. The first kappa shape index (κ1) is 7.19. The summed E-state index contributed by atoms with van der Waals surface area (Å²) in [6.07, 6.45) is 0. The van der Waals surface area contributed by atoms with Gasteiger partial charge in [-0.1, -0.05) is 0 Å². The molecule has 0 aliphatic rings. The second-order valence-corrected chi connectivity index (χ2v) is 1.93. The zero-order chi connectivity index (χ0) is 8.59. The maximum absolute atomic E-state index is 8.97. The van der Waals surface area contributed by atoms with Crippen molar-refractivity contribution in [1.82, 2.24) is 9.71 Å². The number of nitrogens with two attached hydrogens (primary N) is 3. The van der Waals surface area contributed by atoms with Crippen LogP contribution < -0.4 is 22.7 Å². The fourth-order valence-corrected chi connectivity index (χ4v) is 0.577. The van der Waals surface area contributed by atoms with E-state index in [1.807, 2.05) is 0 Å². The molecule has 0 spiro atoms. The first-order chi connectivity index (χ1) is 5.04. The van der Waals surface area contributed by atoms with E-state index in [1.165, 1.54) is 0 Å². The van der Waals surface area contributed by atoms with E-state index in [-0.39, 0.29) is 22.9 Å². The van der Waals surface area contributed by atoms with Gasteiger partial charge in [-0.2, -0.15) is 0 Å². The van der Waals surface area contributed by atoms with Crippen LogP contribution in [0, 0.1) is 5.41 Å². The second kappa shape index (κ2) is 2.04. The van der Waals surface area contributed by atoms with Crippen molar-refractivity contribution in [3.63, 3.8) is 0 Å². The Bertz CT molecular complexity index is 341. The minimum absolute atomic E-state index is 0.0963. The molecule has 8 N–H and O–H groups in total. The molecule has 0 bridgehead atoms. The smallest absolute Gasteiger partial charge is 0.205 e. The number of aromatic nitrogens is 2. The van der Waals surface area contributed by atoms with Crippen LogP contribution in [-0.4, -0.2) is 14.9 Å². The molecule has 1 rings (SSSR count). The lowest BCUT2D eigenvalue weighted by atomic mass is 10.5. The standard InChI is InChI=1S/C4H8N6O/c5-1-3(7)10(11)4(8)2(6)9-1/h8,11H,5,7H2,(H2,6,9). The molecule has 60 valence electrons. The number of nitrogens with one attached hydrogen (secondary N) is 1. The van der Waals surface area contributed by atoms with Crippen LogP contribution in [0.15, 0.2) is 0 Å². The molecule has 1 heterocycles. The van der Waals surface area contributed by atoms with Gasteiger partial charge in [-0.25, -0.2) is 4.98 Å². The monoisotopic (exact) mass is 156 g/mol. The average molecular weight is 156 g/mol. The molecule has 0 aliphatic carbocycles. The lowest BCUT2D eigenvalue weighted by Gasteiger charge is -2.05. The van der Waals surface area contributed by atoms with Crippen LogP contribution in [-0.2, 0) is 0 Å².